The highest BCUT2D eigenvalue weighted by Gasteiger charge is 2.26. The second-order valence-corrected chi connectivity index (χ2v) is 6.13. The third kappa shape index (κ3) is 2.98. The first-order chi connectivity index (χ1) is 9.79. The summed E-state index contributed by atoms with van der Waals surface area (Å²) < 4.78 is 14.4. The summed E-state index contributed by atoms with van der Waals surface area (Å²) in [5.74, 6) is -0.0613. The molecule has 0 atom stereocenters. The average molecular weight is 276 g/mol. The predicted molar refractivity (Wildman–Crippen MR) is 81.5 cm³/mol. The van der Waals surface area contributed by atoms with Gasteiger partial charge in [-0.1, -0.05) is 25.0 Å². The number of benzene rings is 1. The summed E-state index contributed by atoms with van der Waals surface area (Å²) in [6.07, 6.45) is 7.52. The number of hydrogen-bond acceptors (Lipinski definition) is 2. The van der Waals surface area contributed by atoms with Crippen LogP contribution in [-0.2, 0) is 6.54 Å². The molecule has 0 aliphatic heterocycles. The summed E-state index contributed by atoms with van der Waals surface area (Å²) >= 11 is 0. The van der Waals surface area contributed by atoms with Crippen molar-refractivity contribution in [2.45, 2.75) is 64.1 Å². The molecule has 1 aromatic carbocycles. The van der Waals surface area contributed by atoms with Gasteiger partial charge in [0.1, 0.15) is 5.82 Å². The molecule has 0 amide bonds. The Morgan fingerprint density at radius 2 is 1.95 bits per heavy atom. The lowest BCUT2D eigenvalue weighted by Crippen LogP contribution is -2.35. The molecule has 0 saturated heterocycles. The highest BCUT2D eigenvalue weighted by Crippen LogP contribution is 2.32. The molecular weight excluding hydrogens is 251 g/mol. The van der Waals surface area contributed by atoms with Crippen molar-refractivity contribution in [3.63, 3.8) is 0 Å². The van der Waals surface area contributed by atoms with Crippen molar-refractivity contribution in [1.29, 1.82) is 0 Å². The summed E-state index contributed by atoms with van der Waals surface area (Å²) in [6, 6.07) is 6.70. The molecule has 110 valence electrons. The topological polar surface area (TPSA) is 15.3 Å². The van der Waals surface area contributed by atoms with Crippen LogP contribution < -0.4 is 10.2 Å². The minimum atomic E-state index is -0.0613. The van der Waals surface area contributed by atoms with Gasteiger partial charge in [0.05, 0.1) is 5.69 Å². The second kappa shape index (κ2) is 6.13. The lowest BCUT2D eigenvalue weighted by atomic mass is 10.1. The Balaban J connectivity index is 1.83. The summed E-state index contributed by atoms with van der Waals surface area (Å²) in [6.45, 7) is 3.83. The van der Waals surface area contributed by atoms with E-state index >= 15 is 0 Å². The predicted octanol–water partition coefficient (Wildman–Crippen LogP) is 3.85. The first-order valence-electron chi connectivity index (χ1n) is 8.07. The minimum Gasteiger partial charge on any atom is -0.366 e. The van der Waals surface area contributed by atoms with Crippen molar-refractivity contribution in [3.05, 3.63) is 29.6 Å². The van der Waals surface area contributed by atoms with Crippen LogP contribution in [0.15, 0.2) is 18.2 Å². The molecule has 2 aliphatic rings. The molecule has 2 fully saturated rings. The molecule has 1 aromatic rings. The van der Waals surface area contributed by atoms with Gasteiger partial charge in [-0.3, -0.25) is 0 Å². The number of nitrogens with zero attached hydrogens (tertiary/aromatic N) is 1. The van der Waals surface area contributed by atoms with Gasteiger partial charge in [0, 0.05) is 25.2 Å². The van der Waals surface area contributed by atoms with Crippen LogP contribution in [0.25, 0.3) is 0 Å². The number of hydrogen-bond donors (Lipinski definition) is 1. The Morgan fingerprint density at radius 3 is 2.60 bits per heavy atom. The zero-order valence-corrected chi connectivity index (χ0v) is 12.4. The zero-order chi connectivity index (χ0) is 13.9. The highest BCUT2D eigenvalue weighted by molar-refractivity contribution is 5.56. The van der Waals surface area contributed by atoms with Crippen LogP contribution in [0.3, 0.4) is 0 Å². The Morgan fingerprint density at radius 1 is 1.20 bits per heavy atom. The number of para-hydroxylation sites is 1. The Kier molecular flexibility index (Phi) is 4.25. The molecule has 1 N–H and O–H groups in total. The molecule has 20 heavy (non-hydrogen) atoms. The van der Waals surface area contributed by atoms with Crippen molar-refractivity contribution in [2.75, 3.05) is 11.4 Å². The monoisotopic (exact) mass is 276 g/mol. The molecule has 0 spiro atoms. The molecule has 3 heteroatoms. The summed E-state index contributed by atoms with van der Waals surface area (Å²) in [4.78, 5) is 2.30. The third-order valence-electron chi connectivity index (χ3n) is 4.62. The Bertz CT molecular complexity index is 450. The number of anilines is 1. The number of rotatable bonds is 6. The first-order valence-corrected chi connectivity index (χ1v) is 8.07. The molecule has 0 aromatic heterocycles. The number of nitrogens with one attached hydrogen (secondary N) is 1. The SMILES string of the molecule is CCN(c1c(F)cccc1CNC1CC1)C1CCCC1. The van der Waals surface area contributed by atoms with Crippen LogP contribution in [0.2, 0.25) is 0 Å². The van der Waals surface area contributed by atoms with Gasteiger partial charge in [-0.15, -0.1) is 0 Å². The average Bonchev–Trinajstić information content (AvgIpc) is 3.13. The molecule has 2 nitrogen and oxygen atoms in total. The third-order valence-corrected chi connectivity index (χ3v) is 4.62. The van der Waals surface area contributed by atoms with E-state index in [9.17, 15) is 4.39 Å². The van der Waals surface area contributed by atoms with Crippen LogP contribution in [0, 0.1) is 5.82 Å². The van der Waals surface area contributed by atoms with Crippen LogP contribution in [0.5, 0.6) is 0 Å². The van der Waals surface area contributed by atoms with E-state index in [0.717, 1.165) is 24.3 Å². The van der Waals surface area contributed by atoms with E-state index in [1.165, 1.54) is 38.5 Å². The molecular formula is C17H25FN2. The maximum absolute atomic E-state index is 14.4. The fourth-order valence-corrected chi connectivity index (χ4v) is 3.38. The van der Waals surface area contributed by atoms with Crippen molar-refractivity contribution < 1.29 is 4.39 Å². The summed E-state index contributed by atoms with van der Waals surface area (Å²) in [7, 11) is 0. The maximum atomic E-state index is 14.4. The van der Waals surface area contributed by atoms with Crippen LogP contribution in [0.4, 0.5) is 10.1 Å². The summed E-state index contributed by atoms with van der Waals surface area (Å²) in [5.41, 5.74) is 1.96. The van der Waals surface area contributed by atoms with Crippen LogP contribution in [-0.4, -0.2) is 18.6 Å². The molecule has 0 heterocycles. The molecule has 0 radical (unpaired) electrons. The second-order valence-electron chi connectivity index (χ2n) is 6.13. The lowest BCUT2D eigenvalue weighted by Gasteiger charge is -2.32. The van der Waals surface area contributed by atoms with Gasteiger partial charge in [-0.2, -0.15) is 0 Å². The van der Waals surface area contributed by atoms with Gasteiger partial charge >= 0.3 is 0 Å². The smallest absolute Gasteiger partial charge is 0.146 e. The van der Waals surface area contributed by atoms with E-state index in [1.54, 1.807) is 6.07 Å². The van der Waals surface area contributed by atoms with Crippen molar-refractivity contribution in [3.8, 4) is 0 Å². The van der Waals surface area contributed by atoms with Crippen molar-refractivity contribution in [1.82, 2.24) is 5.32 Å². The minimum absolute atomic E-state index is 0.0613. The molecule has 2 saturated carbocycles. The van der Waals surface area contributed by atoms with Crippen LogP contribution in [0.1, 0.15) is 51.0 Å². The fraction of sp³-hybridized carbons (Fsp3) is 0.647. The van der Waals surface area contributed by atoms with Crippen molar-refractivity contribution >= 4 is 5.69 Å². The van der Waals surface area contributed by atoms with Gasteiger partial charge in [-0.05, 0) is 44.2 Å². The molecule has 2 aliphatic carbocycles. The van der Waals surface area contributed by atoms with E-state index < -0.39 is 0 Å². The summed E-state index contributed by atoms with van der Waals surface area (Å²) in [5, 5.41) is 3.52. The van der Waals surface area contributed by atoms with Crippen molar-refractivity contribution in [2.24, 2.45) is 0 Å². The maximum Gasteiger partial charge on any atom is 0.146 e. The highest BCUT2D eigenvalue weighted by atomic mass is 19.1. The standard InChI is InChI=1S/C17H25FN2/c1-2-20(15-7-3-4-8-15)17-13(6-5-9-16(17)18)12-19-14-10-11-14/h5-6,9,14-15,19H,2-4,7-8,10-12H2,1H3. The Labute approximate surface area is 121 Å². The van der Waals surface area contributed by atoms with E-state index in [4.69, 9.17) is 0 Å². The first kappa shape index (κ1) is 13.9. The quantitative estimate of drug-likeness (QED) is 0.849. The van der Waals surface area contributed by atoms with Gasteiger partial charge in [-0.25, -0.2) is 4.39 Å². The Hall–Kier alpha value is -1.09. The molecule has 0 unspecified atom stereocenters. The normalized spacial score (nSPS) is 19.5. The lowest BCUT2D eigenvalue weighted by molar-refractivity contribution is 0.570. The molecule has 0 bridgehead atoms. The fourth-order valence-electron chi connectivity index (χ4n) is 3.38. The van der Waals surface area contributed by atoms with E-state index in [0.29, 0.717) is 12.1 Å². The largest absolute Gasteiger partial charge is 0.366 e. The van der Waals surface area contributed by atoms with Gasteiger partial charge < -0.3 is 10.2 Å². The van der Waals surface area contributed by atoms with E-state index in [2.05, 4.69) is 23.2 Å². The van der Waals surface area contributed by atoms with Gasteiger partial charge in [0.2, 0.25) is 0 Å². The van der Waals surface area contributed by atoms with Gasteiger partial charge in [0.25, 0.3) is 0 Å². The zero-order valence-electron chi connectivity index (χ0n) is 12.4. The molecule has 3 rings (SSSR count). The number of halogens is 1. The van der Waals surface area contributed by atoms with E-state index in [1.807, 2.05) is 6.07 Å². The van der Waals surface area contributed by atoms with Gasteiger partial charge in [0.15, 0.2) is 0 Å². The van der Waals surface area contributed by atoms with E-state index in [-0.39, 0.29) is 5.82 Å². The van der Waals surface area contributed by atoms with Crippen LogP contribution >= 0.6 is 0 Å².